The van der Waals surface area contributed by atoms with Gasteiger partial charge in [0.05, 0.1) is 12.7 Å². The second kappa shape index (κ2) is 11.1. The number of rotatable bonds is 7. The summed E-state index contributed by atoms with van der Waals surface area (Å²) in [5.74, 6) is 1.68. The SMILES string of the molecule is COc1ccc(Br)cc1C1C(C(=O)OC2CCCCC2)=C(C)Nc2nc(SCc3ccccc3)nn21. The highest BCUT2D eigenvalue weighted by atomic mass is 79.9. The van der Waals surface area contributed by atoms with Gasteiger partial charge in [0.25, 0.3) is 0 Å². The highest BCUT2D eigenvalue weighted by molar-refractivity contribution is 9.10. The summed E-state index contributed by atoms with van der Waals surface area (Å²) in [6, 6.07) is 15.5. The molecule has 3 aromatic rings. The highest BCUT2D eigenvalue weighted by Crippen LogP contribution is 2.41. The van der Waals surface area contributed by atoms with E-state index in [4.69, 9.17) is 19.6 Å². The first-order valence-corrected chi connectivity index (χ1v) is 14.0. The van der Waals surface area contributed by atoms with Crippen LogP contribution in [0.3, 0.4) is 0 Å². The molecule has 1 fully saturated rings. The molecule has 1 aliphatic carbocycles. The summed E-state index contributed by atoms with van der Waals surface area (Å²) in [7, 11) is 1.63. The summed E-state index contributed by atoms with van der Waals surface area (Å²) in [5.41, 5.74) is 3.24. The standard InChI is InChI=1S/C27H29BrN4O3S/c1-17-23(25(33)35-20-11-7-4-8-12-20)24(21-15-19(28)13-14-22(21)34-2)32-26(29-17)30-27(31-32)36-16-18-9-5-3-6-10-18/h3,5-6,9-10,13-15,20,24H,4,7-8,11-12,16H2,1-2H3,(H,29,30,31). The van der Waals surface area contributed by atoms with E-state index in [1.54, 1.807) is 23.6 Å². The third kappa shape index (κ3) is 5.32. The Kier molecular flexibility index (Phi) is 7.67. The minimum atomic E-state index is -0.539. The van der Waals surface area contributed by atoms with Crippen molar-refractivity contribution in [3.05, 3.63) is 75.4 Å². The molecule has 2 aliphatic rings. The third-order valence-corrected chi connectivity index (χ3v) is 7.98. The summed E-state index contributed by atoms with van der Waals surface area (Å²) in [6.07, 6.45) is 5.14. The maximum atomic E-state index is 13.6. The Morgan fingerprint density at radius 2 is 1.94 bits per heavy atom. The summed E-state index contributed by atoms with van der Waals surface area (Å²) < 4.78 is 14.4. The van der Waals surface area contributed by atoms with E-state index in [2.05, 4.69) is 33.4 Å². The molecule has 1 atom stereocenters. The van der Waals surface area contributed by atoms with Gasteiger partial charge in [0.1, 0.15) is 17.9 Å². The highest BCUT2D eigenvalue weighted by Gasteiger charge is 2.38. The summed E-state index contributed by atoms with van der Waals surface area (Å²) in [6.45, 7) is 1.89. The molecule has 0 spiro atoms. The predicted molar refractivity (Wildman–Crippen MR) is 144 cm³/mol. The van der Waals surface area contributed by atoms with Crippen molar-refractivity contribution in [3.63, 3.8) is 0 Å². The van der Waals surface area contributed by atoms with Crippen molar-refractivity contribution in [1.29, 1.82) is 0 Å². The zero-order valence-corrected chi connectivity index (χ0v) is 22.8. The number of halogens is 1. The van der Waals surface area contributed by atoms with Gasteiger partial charge in [-0.15, -0.1) is 5.10 Å². The van der Waals surface area contributed by atoms with E-state index >= 15 is 0 Å². The Balaban J connectivity index is 1.51. The molecule has 5 rings (SSSR count). The fraction of sp³-hybridized carbons (Fsp3) is 0.370. The average molecular weight is 570 g/mol. The van der Waals surface area contributed by atoms with Crippen molar-refractivity contribution in [2.45, 2.75) is 62.1 Å². The number of methoxy groups -OCH3 is 1. The molecule has 0 saturated heterocycles. The van der Waals surface area contributed by atoms with Gasteiger partial charge in [-0.3, -0.25) is 0 Å². The van der Waals surface area contributed by atoms with Crippen LogP contribution in [0.4, 0.5) is 5.95 Å². The number of carbonyl (C=O) groups excluding carboxylic acids is 1. The van der Waals surface area contributed by atoms with Crippen LogP contribution in [0.15, 0.2) is 69.4 Å². The van der Waals surface area contributed by atoms with Crippen LogP contribution in [-0.2, 0) is 15.3 Å². The van der Waals surface area contributed by atoms with E-state index in [1.165, 1.54) is 12.0 Å². The molecule has 36 heavy (non-hydrogen) atoms. The van der Waals surface area contributed by atoms with Crippen LogP contribution in [0.1, 0.15) is 56.2 Å². The monoisotopic (exact) mass is 568 g/mol. The number of anilines is 1. The number of ether oxygens (including phenoxy) is 2. The molecule has 1 saturated carbocycles. The zero-order valence-electron chi connectivity index (χ0n) is 20.4. The first kappa shape index (κ1) is 24.9. The van der Waals surface area contributed by atoms with E-state index in [1.807, 2.05) is 43.3 Å². The van der Waals surface area contributed by atoms with Crippen LogP contribution in [0.25, 0.3) is 0 Å². The van der Waals surface area contributed by atoms with Gasteiger partial charge in [-0.2, -0.15) is 4.98 Å². The van der Waals surface area contributed by atoms with Crippen LogP contribution in [0.5, 0.6) is 5.75 Å². The largest absolute Gasteiger partial charge is 0.496 e. The van der Waals surface area contributed by atoms with Gasteiger partial charge in [-0.25, -0.2) is 9.48 Å². The molecule has 0 bridgehead atoms. The van der Waals surface area contributed by atoms with Crippen LogP contribution in [-0.4, -0.2) is 33.9 Å². The van der Waals surface area contributed by atoms with E-state index in [-0.39, 0.29) is 12.1 Å². The van der Waals surface area contributed by atoms with Gasteiger partial charge >= 0.3 is 5.97 Å². The molecule has 1 aliphatic heterocycles. The van der Waals surface area contributed by atoms with Crippen molar-refractivity contribution < 1.29 is 14.3 Å². The van der Waals surface area contributed by atoms with Crippen molar-refractivity contribution >= 4 is 39.6 Å². The van der Waals surface area contributed by atoms with Gasteiger partial charge in [-0.1, -0.05) is 64.4 Å². The van der Waals surface area contributed by atoms with Crippen LogP contribution < -0.4 is 10.1 Å². The van der Waals surface area contributed by atoms with E-state index in [0.29, 0.717) is 28.1 Å². The Morgan fingerprint density at radius 3 is 2.69 bits per heavy atom. The summed E-state index contributed by atoms with van der Waals surface area (Å²) >= 11 is 5.15. The minimum Gasteiger partial charge on any atom is -0.496 e. The molecule has 1 aromatic heterocycles. The van der Waals surface area contributed by atoms with Gasteiger partial charge < -0.3 is 14.8 Å². The molecule has 0 amide bonds. The Morgan fingerprint density at radius 1 is 1.17 bits per heavy atom. The Bertz CT molecular complexity index is 1270. The minimum absolute atomic E-state index is 0.0502. The van der Waals surface area contributed by atoms with E-state index in [0.717, 1.165) is 41.5 Å². The maximum Gasteiger partial charge on any atom is 0.338 e. The van der Waals surface area contributed by atoms with Crippen LogP contribution in [0.2, 0.25) is 0 Å². The molecule has 1 unspecified atom stereocenters. The fourth-order valence-electron chi connectivity index (χ4n) is 4.78. The number of esters is 1. The quantitative estimate of drug-likeness (QED) is 0.257. The molecule has 188 valence electrons. The smallest absolute Gasteiger partial charge is 0.338 e. The molecule has 1 N–H and O–H groups in total. The number of aromatic nitrogens is 3. The van der Waals surface area contributed by atoms with Crippen molar-refractivity contribution in [1.82, 2.24) is 14.8 Å². The predicted octanol–water partition coefficient (Wildman–Crippen LogP) is 6.51. The number of carbonyl (C=O) groups is 1. The second-order valence-electron chi connectivity index (χ2n) is 9.05. The lowest BCUT2D eigenvalue weighted by Gasteiger charge is -2.30. The molecule has 9 heteroatoms. The normalized spacial score (nSPS) is 17.9. The average Bonchev–Trinajstić information content (AvgIpc) is 3.30. The van der Waals surface area contributed by atoms with Gasteiger partial charge in [0.2, 0.25) is 11.1 Å². The van der Waals surface area contributed by atoms with Crippen LogP contribution >= 0.6 is 27.7 Å². The maximum absolute atomic E-state index is 13.6. The number of nitrogens with zero attached hydrogens (tertiary/aromatic N) is 3. The van der Waals surface area contributed by atoms with Gasteiger partial charge in [0, 0.05) is 21.5 Å². The van der Waals surface area contributed by atoms with E-state index < -0.39 is 6.04 Å². The molecule has 0 radical (unpaired) electrons. The topological polar surface area (TPSA) is 78.3 Å². The lowest BCUT2D eigenvalue weighted by atomic mass is 9.94. The number of nitrogens with one attached hydrogen (secondary N) is 1. The Labute approximate surface area is 223 Å². The number of benzene rings is 2. The Hall–Kier alpha value is -2.78. The summed E-state index contributed by atoms with van der Waals surface area (Å²) in [4.78, 5) is 18.4. The van der Waals surface area contributed by atoms with E-state index in [9.17, 15) is 4.79 Å². The molecular weight excluding hydrogens is 540 g/mol. The lowest BCUT2D eigenvalue weighted by Crippen LogP contribution is -2.32. The lowest BCUT2D eigenvalue weighted by molar-refractivity contribution is -0.146. The number of allylic oxidation sites excluding steroid dienone is 1. The first-order chi connectivity index (χ1) is 17.5. The molecule has 2 heterocycles. The first-order valence-electron chi connectivity index (χ1n) is 12.2. The van der Waals surface area contributed by atoms with Gasteiger partial charge in [-0.05, 0) is 56.4 Å². The number of hydrogen-bond donors (Lipinski definition) is 1. The summed E-state index contributed by atoms with van der Waals surface area (Å²) in [5, 5.41) is 8.77. The number of fused-ring (bicyclic) bond motifs is 1. The van der Waals surface area contributed by atoms with Crippen LogP contribution in [0, 0.1) is 0 Å². The van der Waals surface area contributed by atoms with Crippen molar-refractivity contribution in [2.24, 2.45) is 0 Å². The zero-order chi connectivity index (χ0) is 25.1. The third-order valence-electron chi connectivity index (χ3n) is 6.58. The number of hydrogen-bond acceptors (Lipinski definition) is 7. The van der Waals surface area contributed by atoms with Gasteiger partial charge in [0.15, 0.2) is 0 Å². The second-order valence-corrected chi connectivity index (χ2v) is 10.9. The molecular formula is C27H29BrN4O3S. The van der Waals surface area contributed by atoms with Crippen molar-refractivity contribution in [3.8, 4) is 5.75 Å². The molecule has 7 nitrogen and oxygen atoms in total. The number of thioether (sulfide) groups is 1. The van der Waals surface area contributed by atoms with Crippen molar-refractivity contribution in [2.75, 3.05) is 12.4 Å². The molecule has 2 aromatic carbocycles. The fourth-order valence-corrected chi connectivity index (χ4v) is 5.95.